The molecular weight excluding hydrogens is 326 g/mol. The molecule has 0 radical (unpaired) electrons. The van der Waals surface area contributed by atoms with Crippen LogP contribution in [-0.2, 0) is 29.6 Å². The van der Waals surface area contributed by atoms with Gasteiger partial charge in [0.2, 0.25) is 0 Å². The van der Waals surface area contributed by atoms with Crippen LogP contribution in [0.5, 0.6) is 0 Å². The molecule has 120 valence electrons. The largest absolute Gasteiger partial charge is 0.397 e. The molecule has 1 saturated heterocycles. The van der Waals surface area contributed by atoms with Crippen molar-refractivity contribution in [3.63, 3.8) is 0 Å². The van der Waals surface area contributed by atoms with Gasteiger partial charge in [-0.2, -0.15) is 21.6 Å². The lowest BCUT2D eigenvalue weighted by Gasteiger charge is -2.39. The topological polar surface area (TPSA) is 200 Å². The van der Waals surface area contributed by atoms with E-state index in [1.807, 2.05) is 0 Å². The van der Waals surface area contributed by atoms with Crippen molar-refractivity contribution in [1.82, 2.24) is 4.72 Å². The predicted octanol–water partition coefficient (Wildman–Crippen LogP) is -3.99. The third-order valence-corrected chi connectivity index (χ3v) is 3.39. The van der Waals surface area contributed by atoms with Crippen molar-refractivity contribution in [3.05, 3.63) is 0 Å². The van der Waals surface area contributed by atoms with Gasteiger partial charge in [0.1, 0.15) is 24.4 Å². The number of rotatable bonds is 5. The second-order valence-corrected chi connectivity index (χ2v) is 6.15. The Balaban J connectivity index is 2.76. The smallest absolute Gasteiger partial charge is 0.388 e. The molecular formula is C6H13NO11S2. The fourth-order valence-corrected chi connectivity index (χ4v) is 2.44. The quantitative estimate of drug-likeness (QED) is 0.267. The van der Waals surface area contributed by atoms with Gasteiger partial charge in [-0.15, -0.1) is 0 Å². The van der Waals surface area contributed by atoms with Crippen molar-refractivity contribution < 1.29 is 50.2 Å². The highest BCUT2D eigenvalue weighted by Crippen LogP contribution is 2.21. The normalized spacial score (nSPS) is 36.0. The minimum absolute atomic E-state index is 0.938. The van der Waals surface area contributed by atoms with Crippen LogP contribution in [0.2, 0.25) is 0 Å². The Hall–Kier alpha value is -0.420. The molecule has 6 N–H and O–H groups in total. The highest BCUT2D eigenvalue weighted by atomic mass is 32.3. The van der Waals surface area contributed by atoms with E-state index in [4.69, 9.17) is 9.11 Å². The van der Waals surface area contributed by atoms with Gasteiger partial charge in [-0.05, 0) is 0 Å². The standard InChI is InChI=1S/C6H13NO11S2/c8-4-2(1-17-20(14,15)16)18-6(10)3(5(4)9)7-19(11,12)13/h2-10H,1H2,(H,11,12,13)(H,14,15,16)/t2?,3?,4-,5?,6-/m1/s1. The fraction of sp³-hybridized carbons (Fsp3) is 1.00. The first-order valence-corrected chi connectivity index (χ1v) is 7.77. The van der Waals surface area contributed by atoms with Crippen LogP contribution in [0.25, 0.3) is 0 Å². The van der Waals surface area contributed by atoms with Gasteiger partial charge in [0.25, 0.3) is 0 Å². The lowest BCUT2D eigenvalue weighted by Crippen LogP contribution is -2.64. The number of ether oxygens (including phenoxy) is 1. The van der Waals surface area contributed by atoms with E-state index in [0.717, 1.165) is 0 Å². The van der Waals surface area contributed by atoms with Crippen molar-refractivity contribution in [2.24, 2.45) is 0 Å². The summed E-state index contributed by atoms with van der Waals surface area (Å²) in [6.07, 6.45) is -7.37. The zero-order valence-corrected chi connectivity index (χ0v) is 11.2. The summed E-state index contributed by atoms with van der Waals surface area (Å²) in [6, 6.07) is -1.79. The zero-order chi connectivity index (χ0) is 15.7. The first kappa shape index (κ1) is 17.6. The number of hydrogen-bond donors (Lipinski definition) is 6. The Morgan fingerprint density at radius 1 is 1.05 bits per heavy atom. The molecule has 20 heavy (non-hydrogen) atoms. The van der Waals surface area contributed by atoms with Gasteiger partial charge in [-0.1, -0.05) is 0 Å². The minimum atomic E-state index is -4.83. The van der Waals surface area contributed by atoms with Crippen LogP contribution in [0.4, 0.5) is 0 Å². The highest BCUT2D eigenvalue weighted by molar-refractivity contribution is 7.83. The number of nitrogens with one attached hydrogen (secondary N) is 1. The maximum Gasteiger partial charge on any atom is 0.397 e. The Labute approximate surface area is 113 Å². The summed E-state index contributed by atoms with van der Waals surface area (Å²) in [5.41, 5.74) is 0. The van der Waals surface area contributed by atoms with E-state index in [1.165, 1.54) is 4.72 Å². The molecule has 0 aromatic heterocycles. The van der Waals surface area contributed by atoms with Crippen LogP contribution < -0.4 is 4.72 Å². The average Bonchev–Trinajstić information content (AvgIpc) is 2.25. The van der Waals surface area contributed by atoms with Crippen molar-refractivity contribution >= 4 is 20.7 Å². The molecule has 1 aliphatic heterocycles. The molecule has 12 nitrogen and oxygen atoms in total. The van der Waals surface area contributed by atoms with Crippen molar-refractivity contribution in [1.29, 1.82) is 0 Å². The fourth-order valence-electron chi connectivity index (χ4n) is 1.54. The van der Waals surface area contributed by atoms with E-state index >= 15 is 0 Å². The molecule has 0 saturated carbocycles. The molecule has 1 aliphatic rings. The van der Waals surface area contributed by atoms with Crippen LogP contribution in [0, 0.1) is 0 Å². The van der Waals surface area contributed by atoms with Crippen molar-refractivity contribution in [2.45, 2.75) is 30.6 Å². The maximum absolute atomic E-state index is 10.6. The summed E-state index contributed by atoms with van der Waals surface area (Å²) in [5, 5.41) is 28.6. The van der Waals surface area contributed by atoms with Gasteiger partial charge >= 0.3 is 20.7 Å². The van der Waals surface area contributed by atoms with Crippen LogP contribution in [-0.4, -0.2) is 78.5 Å². The summed E-state index contributed by atoms with van der Waals surface area (Å²) in [7, 11) is -9.62. The molecule has 0 amide bonds. The first-order valence-electron chi connectivity index (χ1n) is 4.97. The lowest BCUT2D eigenvalue weighted by atomic mass is 9.98. The molecule has 14 heteroatoms. The second kappa shape index (κ2) is 6.14. The monoisotopic (exact) mass is 339 g/mol. The van der Waals surface area contributed by atoms with Gasteiger partial charge in [-0.25, -0.2) is 4.18 Å². The summed E-state index contributed by atoms with van der Waals surface area (Å²) in [6.45, 7) is -0.938. The molecule has 0 aliphatic carbocycles. The Kier molecular flexibility index (Phi) is 5.41. The summed E-state index contributed by atoms with van der Waals surface area (Å²) in [4.78, 5) is 0. The Morgan fingerprint density at radius 3 is 2.05 bits per heavy atom. The van der Waals surface area contributed by atoms with Crippen molar-refractivity contribution in [3.8, 4) is 0 Å². The SMILES string of the molecule is O=S(=O)(O)NC1C(O)[C@H](O)C(COS(=O)(=O)O)O[C@H]1O. The van der Waals surface area contributed by atoms with E-state index < -0.39 is 58.0 Å². The van der Waals surface area contributed by atoms with Crippen LogP contribution in [0.15, 0.2) is 0 Å². The van der Waals surface area contributed by atoms with E-state index in [-0.39, 0.29) is 0 Å². The van der Waals surface area contributed by atoms with Gasteiger partial charge in [0.05, 0.1) is 6.61 Å². The number of aliphatic hydroxyl groups is 3. The maximum atomic E-state index is 10.6. The van der Waals surface area contributed by atoms with Gasteiger partial charge in [0.15, 0.2) is 6.29 Å². The molecule has 1 heterocycles. The molecule has 3 unspecified atom stereocenters. The molecule has 1 fully saturated rings. The first-order chi connectivity index (χ1) is 8.91. The third-order valence-electron chi connectivity index (χ3n) is 2.39. The van der Waals surface area contributed by atoms with Crippen LogP contribution in [0.1, 0.15) is 0 Å². The molecule has 5 atom stereocenters. The Bertz CT molecular complexity index is 527. The third kappa shape index (κ3) is 5.17. The van der Waals surface area contributed by atoms with E-state index in [0.29, 0.717) is 0 Å². The molecule has 0 spiro atoms. The average molecular weight is 339 g/mol. The summed E-state index contributed by atoms with van der Waals surface area (Å²) < 4.78 is 68.7. The van der Waals surface area contributed by atoms with Crippen LogP contribution in [0.3, 0.4) is 0 Å². The van der Waals surface area contributed by atoms with Gasteiger partial charge < -0.3 is 20.1 Å². The molecule has 0 aromatic rings. The van der Waals surface area contributed by atoms with E-state index in [9.17, 15) is 32.2 Å². The van der Waals surface area contributed by atoms with Gasteiger partial charge in [-0.3, -0.25) is 9.11 Å². The van der Waals surface area contributed by atoms with Gasteiger partial charge in [0, 0.05) is 0 Å². The van der Waals surface area contributed by atoms with Crippen LogP contribution >= 0.6 is 0 Å². The minimum Gasteiger partial charge on any atom is -0.388 e. The Morgan fingerprint density at radius 2 is 1.60 bits per heavy atom. The predicted molar refractivity (Wildman–Crippen MR) is 58.9 cm³/mol. The number of hydrogen-bond acceptors (Lipinski definition) is 9. The molecule has 0 aromatic carbocycles. The molecule has 0 bridgehead atoms. The van der Waals surface area contributed by atoms with E-state index in [2.05, 4.69) is 8.92 Å². The zero-order valence-electron chi connectivity index (χ0n) is 9.60. The number of aliphatic hydroxyl groups excluding tert-OH is 3. The highest BCUT2D eigenvalue weighted by Gasteiger charge is 2.45. The summed E-state index contributed by atoms with van der Waals surface area (Å²) in [5.74, 6) is 0. The van der Waals surface area contributed by atoms with E-state index in [1.54, 1.807) is 0 Å². The van der Waals surface area contributed by atoms with Crippen molar-refractivity contribution in [2.75, 3.05) is 6.61 Å². The summed E-state index contributed by atoms with van der Waals surface area (Å²) >= 11 is 0. The lowest BCUT2D eigenvalue weighted by molar-refractivity contribution is -0.250. The molecule has 1 rings (SSSR count). The second-order valence-electron chi connectivity index (χ2n) is 3.88.